The van der Waals surface area contributed by atoms with E-state index in [1.807, 2.05) is 12.3 Å². The first kappa shape index (κ1) is 11.9. The van der Waals surface area contributed by atoms with Gasteiger partial charge >= 0.3 is 0 Å². The Morgan fingerprint density at radius 3 is 2.95 bits per heavy atom. The second kappa shape index (κ2) is 4.92. The number of thiophene rings is 1. The topological polar surface area (TPSA) is 41.2 Å². The van der Waals surface area contributed by atoms with Gasteiger partial charge in [-0.25, -0.2) is 4.98 Å². The molecule has 0 unspecified atom stereocenters. The normalized spacial score (nSPS) is 15.9. The average Bonchev–Trinajstić information content (AvgIpc) is 3.16. The Labute approximate surface area is 121 Å². The van der Waals surface area contributed by atoms with E-state index in [-0.39, 0.29) is 0 Å². The van der Waals surface area contributed by atoms with Crippen LogP contribution in [-0.4, -0.2) is 36.3 Å². The summed E-state index contributed by atoms with van der Waals surface area (Å²) in [6.45, 7) is 3.37. The number of pyridine rings is 1. The summed E-state index contributed by atoms with van der Waals surface area (Å²) in [5.41, 5.74) is 3.53. The van der Waals surface area contributed by atoms with Gasteiger partial charge in [0.2, 0.25) is 0 Å². The Morgan fingerprint density at radius 1 is 1.25 bits per heavy atom. The van der Waals surface area contributed by atoms with Crippen LogP contribution in [0.3, 0.4) is 0 Å². The molecule has 4 heterocycles. The summed E-state index contributed by atoms with van der Waals surface area (Å²) in [4.78, 5) is 10.4. The molecule has 1 fully saturated rings. The molecule has 20 heavy (non-hydrogen) atoms. The summed E-state index contributed by atoms with van der Waals surface area (Å²) in [6, 6.07) is 6.38. The van der Waals surface area contributed by atoms with Crippen molar-refractivity contribution in [3.8, 4) is 11.3 Å². The van der Waals surface area contributed by atoms with E-state index in [0.29, 0.717) is 0 Å². The maximum absolute atomic E-state index is 5.42. The van der Waals surface area contributed by atoms with Gasteiger partial charge in [0, 0.05) is 41.3 Å². The molecule has 3 aromatic rings. The Kier molecular flexibility index (Phi) is 2.94. The molecule has 4 nitrogen and oxygen atoms in total. The molecule has 1 aliphatic heterocycles. The van der Waals surface area contributed by atoms with Crippen LogP contribution in [0.1, 0.15) is 0 Å². The molecule has 4 rings (SSSR count). The first-order valence-corrected chi connectivity index (χ1v) is 7.69. The number of nitrogens with zero attached hydrogens (tertiary/aromatic N) is 2. The molecule has 0 aliphatic carbocycles. The Morgan fingerprint density at radius 2 is 2.15 bits per heavy atom. The molecule has 0 bridgehead atoms. The van der Waals surface area contributed by atoms with E-state index in [4.69, 9.17) is 4.74 Å². The lowest BCUT2D eigenvalue weighted by Gasteiger charge is -2.28. The highest BCUT2D eigenvalue weighted by Gasteiger charge is 2.16. The van der Waals surface area contributed by atoms with Crippen LogP contribution in [-0.2, 0) is 4.74 Å². The zero-order valence-corrected chi connectivity index (χ0v) is 11.8. The fourth-order valence-electron chi connectivity index (χ4n) is 2.64. The number of ether oxygens (including phenoxy) is 1. The Hall–Kier alpha value is -1.85. The minimum absolute atomic E-state index is 0.778. The standard InChI is InChI=1S/C15H15N3OS/c1-3-16-15(18-4-6-19-7-5-18)12-9-14(17-13(1)12)11-2-8-20-10-11/h1-3,8-10,17H,4-7H2. The Bertz CT molecular complexity index is 714. The molecule has 0 amide bonds. The van der Waals surface area contributed by atoms with Gasteiger partial charge in [-0.05, 0) is 23.6 Å². The number of hydrogen-bond acceptors (Lipinski definition) is 4. The highest BCUT2D eigenvalue weighted by atomic mass is 32.1. The molecule has 102 valence electrons. The summed E-state index contributed by atoms with van der Waals surface area (Å²) in [7, 11) is 0. The monoisotopic (exact) mass is 285 g/mol. The lowest BCUT2D eigenvalue weighted by Crippen LogP contribution is -2.36. The van der Waals surface area contributed by atoms with Gasteiger partial charge in [0.15, 0.2) is 0 Å². The third-order valence-electron chi connectivity index (χ3n) is 3.67. The number of morpholine rings is 1. The third kappa shape index (κ3) is 1.99. The first-order chi connectivity index (χ1) is 9.92. The van der Waals surface area contributed by atoms with Gasteiger partial charge in [-0.1, -0.05) is 0 Å². The van der Waals surface area contributed by atoms with Crippen molar-refractivity contribution in [3.05, 3.63) is 35.2 Å². The lowest BCUT2D eigenvalue weighted by molar-refractivity contribution is 0.122. The maximum Gasteiger partial charge on any atom is 0.138 e. The van der Waals surface area contributed by atoms with Crippen LogP contribution < -0.4 is 4.90 Å². The summed E-state index contributed by atoms with van der Waals surface area (Å²) in [5, 5.41) is 5.45. The van der Waals surface area contributed by atoms with Crippen molar-refractivity contribution < 1.29 is 4.74 Å². The molecule has 0 saturated carbocycles. The van der Waals surface area contributed by atoms with Crippen LogP contribution in [0.5, 0.6) is 0 Å². The van der Waals surface area contributed by atoms with Crippen LogP contribution in [0, 0.1) is 0 Å². The molecule has 0 aromatic carbocycles. The van der Waals surface area contributed by atoms with Crippen molar-refractivity contribution in [3.63, 3.8) is 0 Å². The quantitative estimate of drug-likeness (QED) is 0.786. The molecule has 0 radical (unpaired) electrons. The SMILES string of the molecule is c1cc2[nH]c(-c3ccsc3)cc2c(N2CCOCC2)n1. The number of rotatable bonds is 2. The second-order valence-electron chi connectivity index (χ2n) is 4.89. The molecule has 1 aliphatic rings. The van der Waals surface area contributed by atoms with Gasteiger partial charge in [-0.2, -0.15) is 11.3 Å². The number of fused-ring (bicyclic) bond motifs is 1. The van der Waals surface area contributed by atoms with Crippen molar-refractivity contribution >= 4 is 28.1 Å². The fraction of sp³-hybridized carbons (Fsp3) is 0.267. The van der Waals surface area contributed by atoms with Crippen molar-refractivity contribution in [2.24, 2.45) is 0 Å². The van der Waals surface area contributed by atoms with Gasteiger partial charge in [0.1, 0.15) is 5.82 Å². The molecule has 5 heteroatoms. The van der Waals surface area contributed by atoms with Gasteiger partial charge in [-0.15, -0.1) is 0 Å². The molecular weight excluding hydrogens is 270 g/mol. The molecule has 0 atom stereocenters. The average molecular weight is 285 g/mol. The molecular formula is C15H15N3OS. The minimum Gasteiger partial charge on any atom is -0.378 e. The molecule has 1 saturated heterocycles. The minimum atomic E-state index is 0.778. The Balaban J connectivity index is 1.81. The molecule has 1 N–H and O–H groups in total. The number of anilines is 1. The lowest BCUT2D eigenvalue weighted by atomic mass is 10.2. The first-order valence-electron chi connectivity index (χ1n) is 6.75. The summed E-state index contributed by atoms with van der Waals surface area (Å²) in [5.74, 6) is 1.06. The number of H-pyrrole nitrogens is 1. The van der Waals surface area contributed by atoms with E-state index in [1.165, 1.54) is 10.9 Å². The van der Waals surface area contributed by atoms with Gasteiger partial charge in [-0.3, -0.25) is 0 Å². The second-order valence-corrected chi connectivity index (χ2v) is 5.67. The molecule has 0 spiro atoms. The van der Waals surface area contributed by atoms with Crippen molar-refractivity contribution in [2.75, 3.05) is 31.2 Å². The van der Waals surface area contributed by atoms with E-state index in [9.17, 15) is 0 Å². The maximum atomic E-state index is 5.42. The highest BCUT2D eigenvalue weighted by Crippen LogP contribution is 2.30. The van der Waals surface area contributed by atoms with Gasteiger partial charge < -0.3 is 14.6 Å². The smallest absolute Gasteiger partial charge is 0.138 e. The predicted octanol–water partition coefficient (Wildman–Crippen LogP) is 3.13. The van der Waals surface area contributed by atoms with E-state index in [1.54, 1.807) is 11.3 Å². The van der Waals surface area contributed by atoms with Crippen LogP contribution in [0.4, 0.5) is 5.82 Å². The van der Waals surface area contributed by atoms with Crippen molar-refractivity contribution in [1.82, 2.24) is 9.97 Å². The number of nitrogens with one attached hydrogen (secondary N) is 1. The van der Waals surface area contributed by atoms with Crippen LogP contribution >= 0.6 is 11.3 Å². The van der Waals surface area contributed by atoms with E-state index in [0.717, 1.165) is 43.3 Å². The largest absolute Gasteiger partial charge is 0.378 e. The summed E-state index contributed by atoms with van der Waals surface area (Å²) in [6.07, 6.45) is 1.88. The number of aromatic amines is 1. The van der Waals surface area contributed by atoms with Gasteiger partial charge in [0.05, 0.1) is 18.7 Å². The molecule has 3 aromatic heterocycles. The van der Waals surface area contributed by atoms with Crippen molar-refractivity contribution in [2.45, 2.75) is 0 Å². The zero-order valence-electron chi connectivity index (χ0n) is 11.0. The van der Waals surface area contributed by atoms with Crippen LogP contribution in [0.2, 0.25) is 0 Å². The zero-order chi connectivity index (χ0) is 13.4. The number of aromatic nitrogens is 2. The van der Waals surface area contributed by atoms with Crippen LogP contribution in [0.25, 0.3) is 22.2 Å². The van der Waals surface area contributed by atoms with Crippen LogP contribution in [0.15, 0.2) is 35.2 Å². The predicted molar refractivity (Wildman–Crippen MR) is 82.4 cm³/mol. The van der Waals surface area contributed by atoms with Gasteiger partial charge in [0.25, 0.3) is 0 Å². The van der Waals surface area contributed by atoms with E-state index in [2.05, 4.69) is 37.8 Å². The fourth-order valence-corrected chi connectivity index (χ4v) is 3.30. The number of hydrogen-bond donors (Lipinski definition) is 1. The highest BCUT2D eigenvalue weighted by molar-refractivity contribution is 7.08. The summed E-state index contributed by atoms with van der Waals surface area (Å²) >= 11 is 1.71. The van der Waals surface area contributed by atoms with E-state index >= 15 is 0 Å². The van der Waals surface area contributed by atoms with Crippen molar-refractivity contribution in [1.29, 1.82) is 0 Å². The summed E-state index contributed by atoms with van der Waals surface area (Å²) < 4.78 is 5.42. The third-order valence-corrected chi connectivity index (χ3v) is 4.35. The van der Waals surface area contributed by atoms with E-state index < -0.39 is 0 Å².